The predicted molar refractivity (Wildman–Crippen MR) is 87.1 cm³/mol. The number of nitrogens with zero attached hydrogens (tertiary/aromatic N) is 1. The maximum Gasteiger partial charge on any atom is 0.251 e. The van der Waals surface area contributed by atoms with E-state index in [1.54, 1.807) is 31.5 Å². The van der Waals surface area contributed by atoms with Crippen molar-refractivity contribution < 1.29 is 9.53 Å². The number of carbonyl (C=O) groups is 1. The highest BCUT2D eigenvalue weighted by atomic mass is 16.5. The molecule has 2 rings (SSSR count). The molecule has 0 radical (unpaired) electrons. The van der Waals surface area contributed by atoms with Crippen molar-refractivity contribution in [3.63, 3.8) is 0 Å². The SMILES string of the molecule is C=CCNc1cc(C(=O)NCc2ccccc2OC)ccn1. The van der Waals surface area contributed by atoms with Crippen molar-refractivity contribution in [1.82, 2.24) is 10.3 Å². The number of rotatable bonds is 7. The van der Waals surface area contributed by atoms with Crippen LogP contribution >= 0.6 is 0 Å². The zero-order chi connectivity index (χ0) is 15.8. The summed E-state index contributed by atoms with van der Waals surface area (Å²) < 4.78 is 5.27. The normalized spacial score (nSPS) is 9.86. The lowest BCUT2D eigenvalue weighted by Gasteiger charge is -2.10. The zero-order valence-electron chi connectivity index (χ0n) is 12.5. The van der Waals surface area contributed by atoms with Crippen molar-refractivity contribution in [3.8, 4) is 5.75 Å². The third-order valence-corrected chi connectivity index (χ3v) is 3.08. The molecule has 0 aliphatic carbocycles. The van der Waals surface area contributed by atoms with Crippen LogP contribution in [0.15, 0.2) is 55.3 Å². The summed E-state index contributed by atoms with van der Waals surface area (Å²) in [4.78, 5) is 16.4. The minimum absolute atomic E-state index is 0.157. The van der Waals surface area contributed by atoms with Crippen LogP contribution in [0.4, 0.5) is 5.82 Å². The molecular weight excluding hydrogens is 278 g/mol. The molecule has 5 heteroatoms. The van der Waals surface area contributed by atoms with Gasteiger partial charge in [-0.2, -0.15) is 0 Å². The number of hydrogen-bond donors (Lipinski definition) is 2. The van der Waals surface area contributed by atoms with Gasteiger partial charge >= 0.3 is 0 Å². The van der Waals surface area contributed by atoms with Crippen LogP contribution in [0.1, 0.15) is 15.9 Å². The van der Waals surface area contributed by atoms with Gasteiger partial charge in [-0.15, -0.1) is 6.58 Å². The third-order valence-electron chi connectivity index (χ3n) is 3.08. The summed E-state index contributed by atoms with van der Waals surface area (Å²) in [5.74, 6) is 1.24. The highest BCUT2D eigenvalue weighted by Gasteiger charge is 2.08. The van der Waals surface area contributed by atoms with Gasteiger partial charge in [-0.05, 0) is 18.2 Å². The number of nitrogens with one attached hydrogen (secondary N) is 2. The molecule has 1 heterocycles. The van der Waals surface area contributed by atoms with E-state index in [2.05, 4.69) is 22.2 Å². The van der Waals surface area contributed by atoms with Gasteiger partial charge in [0, 0.05) is 30.4 Å². The van der Waals surface area contributed by atoms with Crippen LogP contribution in [-0.2, 0) is 6.54 Å². The Morgan fingerprint density at radius 2 is 2.18 bits per heavy atom. The average Bonchev–Trinajstić information content (AvgIpc) is 2.58. The van der Waals surface area contributed by atoms with E-state index in [0.29, 0.717) is 24.5 Å². The molecule has 0 aliphatic heterocycles. The predicted octanol–water partition coefficient (Wildman–Crippen LogP) is 2.62. The number of benzene rings is 1. The molecular formula is C17H19N3O2. The highest BCUT2D eigenvalue weighted by molar-refractivity contribution is 5.94. The van der Waals surface area contributed by atoms with Gasteiger partial charge in [-0.3, -0.25) is 4.79 Å². The first kappa shape index (κ1) is 15.6. The lowest BCUT2D eigenvalue weighted by Crippen LogP contribution is -2.23. The second-order valence-corrected chi connectivity index (χ2v) is 4.59. The Labute approximate surface area is 130 Å². The van der Waals surface area contributed by atoms with Crippen LogP contribution in [0.2, 0.25) is 0 Å². The Balaban J connectivity index is 2.01. The van der Waals surface area contributed by atoms with E-state index in [1.165, 1.54) is 0 Å². The van der Waals surface area contributed by atoms with Crippen LogP contribution < -0.4 is 15.4 Å². The Morgan fingerprint density at radius 1 is 1.36 bits per heavy atom. The number of methoxy groups -OCH3 is 1. The van der Waals surface area contributed by atoms with E-state index in [1.807, 2.05) is 24.3 Å². The Morgan fingerprint density at radius 3 is 2.95 bits per heavy atom. The molecule has 0 atom stereocenters. The van der Waals surface area contributed by atoms with Crippen LogP contribution in [0.3, 0.4) is 0 Å². The zero-order valence-corrected chi connectivity index (χ0v) is 12.5. The molecule has 5 nitrogen and oxygen atoms in total. The summed E-state index contributed by atoms with van der Waals surface area (Å²) in [7, 11) is 1.61. The number of aromatic nitrogens is 1. The average molecular weight is 297 g/mol. The molecule has 0 spiro atoms. The van der Waals surface area contributed by atoms with Crippen molar-refractivity contribution in [1.29, 1.82) is 0 Å². The Bertz CT molecular complexity index is 656. The van der Waals surface area contributed by atoms with Gasteiger partial charge in [-0.1, -0.05) is 24.3 Å². The van der Waals surface area contributed by atoms with Gasteiger partial charge in [0.15, 0.2) is 0 Å². The number of pyridine rings is 1. The molecule has 114 valence electrons. The maximum atomic E-state index is 12.2. The van der Waals surface area contributed by atoms with Crippen molar-refractivity contribution in [2.45, 2.75) is 6.54 Å². The van der Waals surface area contributed by atoms with Crippen LogP contribution in [0, 0.1) is 0 Å². The molecule has 1 amide bonds. The minimum Gasteiger partial charge on any atom is -0.496 e. The first-order valence-corrected chi connectivity index (χ1v) is 6.95. The fourth-order valence-electron chi connectivity index (χ4n) is 1.97. The van der Waals surface area contributed by atoms with Gasteiger partial charge in [0.25, 0.3) is 5.91 Å². The van der Waals surface area contributed by atoms with E-state index >= 15 is 0 Å². The van der Waals surface area contributed by atoms with Crippen molar-refractivity contribution in [3.05, 3.63) is 66.4 Å². The molecule has 0 unspecified atom stereocenters. The molecule has 0 aliphatic rings. The van der Waals surface area contributed by atoms with E-state index in [-0.39, 0.29) is 5.91 Å². The topological polar surface area (TPSA) is 63.2 Å². The lowest BCUT2D eigenvalue weighted by atomic mass is 10.2. The molecule has 0 saturated heterocycles. The van der Waals surface area contributed by atoms with Gasteiger partial charge in [0.2, 0.25) is 0 Å². The fourth-order valence-corrected chi connectivity index (χ4v) is 1.97. The second kappa shape index (κ2) is 7.83. The quantitative estimate of drug-likeness (QED) is 0.771. The number of ether oxygens (including phenoxy) is 1. The van der Waals surface area contributed by atoms with Crippen LogP contribution in [0.25, 0.3) is 0 Å². The van der Waals surface area contributed by atoms with Crippen LogP contribution in [-0.4, -0.2) is 24.5 Å². The summed E-state index contributed by atoms with van der Waals surface area (Å²) in [5.41, 5.74) is 1.48. The molecule has 0 fully saturated rings. The van der Waals surface area contributed by atoms with Gasteiger partial charge < -0.3 is 15.4 Å². The highest BCUT2D eigenvalue weighted by Crippen LogP contribution is 2.17. The molecule has 22 heavy (non-hydrogen) atoms. The molecule has 1 aromatic carbocycles. The summed E-state index contributed by atoms with van der Waals surface area (Å²) in [6.07, 6.45) is 3.33. The lowest BCUT2D eigenvalue weighted by molar-refractivity contribution is 0.0950. The Hall–Kier alpha value is -2.82. The summed E-state index contributed by atoms with van der Waals surface area (Å²) in [6.45, 7) is 4.63. The van der Waals surface area contributed by atoms with Gasteiger partial charge in [-0.25, -0.2) is 4.98 Å². The summed E-state index contributed by atoms with van der Waals surface area (Å²) in [6, 6.07) is 11.0. The Kier molecular flexibility index (Phi) is 5.54. The summed E-state index contributed by atoms with van der Waals surface area (Å²) in [5, 5.41) is 5.93. The molecule has 1 aromatic heterocycles. The third kappa shape index (κ3) is 4.09. The monoisotopic (exact) mass is 297 g/mol. The first-order chi connectivity index (χ1) is 10.7. The number of para-hydroxylation sites is 1. The van der Waals surface area contributed by atoms with E-state index < -0.39 is 0 Å². The largest absolute Gasteiger partial charge is 0.496 e. The summed E-state index contributed by atoms with van der Waals surface area (Å²) >= 11 is 0. The van der Waals surface area contributed by atoms with E-state index in [4.69, 9.17) is 4.74 Å². The number of amides is 1. The van der Waals surface area contributed by atoms with Gasteiger partial charge in [0.1, 0.15) is 11.6 Å². The van der Waals surface area contributed by atoms with Crippen molar-refractivity contribution in [2.75, 3.05) is 19.0 Å². The number of anilines is 1. The fraction of sp³-hybridized carbons (Fsp3) is 0.176. The minimum atomic E-state index is -0.157. The van der Waals surface area contributed by atoms with E-state index in [0.717, 1.165) is 11.3 Å². The van der Waals surface area contributed by atoms with Crippen molar-refractivity contribution in [2.24, 2.45) is 0 Å². The number of hydrogen-bond acceptors (Lipinski definition) is 4. The maximum absolute atomic E-state index is 12.2. The van der Waals surface area contributed by atoms with Crippen molar-refractivity contribution >= 4 is 11.7 Å². The first-order valence-electron chi connectivity index (χ1n) is 6.95. The standard InChI is InChI=1S/C17H19N3O2/c1-3-9-18-16-11-13(8-10-19-16)17(21)20-12-14-6-4-5-7-15(14)22-2/h3-8,10-11H,1,9,12H2,2H3,(H,18,19)(H,20,21). The molecule has 0 saturated carbocycles. The smallest absolute Gasteiger partial charge is 0.251 e. The molecule has 2 aromatic rings. The molecule has 0 bridgehead atoms. The van der Waals surface area contributed by atoms with Gasteiger partial charge in [0.05, 0.1) is 7.11 Å². The second-order valence-electron chi connectivity index (χ2n) is 4.59. The van der Waals surface area contributed by atoms with Crippen LogP contribution in [0.5, 0.6) is 5.75 Å². The molecule has 2 N–H and O–H groups in total. The van der Waals surface area contributed by atoms with E-state index in [9.17, 15) is 4.79 Å². The number of carbonyl (C=O) groups excluding carboxylic acids is 1.